The Kier molecular flexibility index (Phi) is 3.97. The lowest BCUT2D eigenvalue weighted by Crippen LogP contribution is -2.06. The highest BCUT2D eigenvalue weighted by Crippen LogP contribution is 2.29. The molecule has 0 amide bonds. The fourth-order valence-electron chi connectivity index (χ4n) is 2.65. The first kappa shape index (κ1) is 15.2. The van der Waals surface area contributed by atoms with Gasteiger partial charge in [-0.1, -0.05) is 0 Å². The molecule has 2 bridgehead atoms. The molecule has 0 unspecified atom stereocenters. The molecule has 8 heteroatoms. The van der Waals surface area contributed by atoms with Gasteiger partial charge in [0.15, 0.2) is 5.65 Å². The molecule has 2 aromatic heterocycles. The SMILES string of the molecule is Oc1nc2nc3c1cnn3-c1ccc(F)cc1OCCSCCC2. The Morgan fingerprint density at radius 1 is 1.25 bits per heavy atom. The summed E-state index contributed by atoms with van der Waals surface area (Å²) >= 11 is 1.76. The van der Waals surface area contributed by atoms with Crippen molar-refractivity contribution >= 4 is 22.8 Å². The molecular formula is C16H15FN4O2S. The standard InChI is InChI=1S/C16H15FN4O2S/c17-10-3-4-12-13(8-10)23-5-7-24-6-1-2-14-19-15-11(16(22)20-14)9-18-21(12)15/h3-4,8-9H,1-2,5-7H2,(H,19,20,22). The number of aromatic nitrogens is 4. The highest BCUT2D eigenvalue weighted by atomic mass is 32.2. The molecular weight excluding hydrogens is 331 g/mol. The lowest BCUT2D eigenvalue weighted by Gasteiger charge is -2.12. The number of nitrogens with zero attached hydrogens (tertiary/aromatic N) is 4. The van der Waals surface area contributed by atoms with E-state index in [9.17, 15) is 9.50 Å². The summed E-state index contributed by atoms with van der Waals surface area (Å²) in [6.07, 6.45) is 3.09. The van der Waals surface area contributed by atoms with E-state index in [1.54, 1.807) is 22.5 Å². The molecule has 0 saturated carbocycles. The van der Waals surface area contributed by atoms with E-state index in [1.165, 1.54) is 18.3 Å². The third-order valence-corrected chi connectivity index (χ3v) is 4.81. The van der Waals surface area contributed by atoms with Gasteiger partial charge < -0.3 is 9.84 Å². The van der Waals surface area contributed by atoms with Crippen LogP contribution in [0.3, 0.4) is 0 Å². The van der Waals surface area contributed by atoms with Crippen molar-refractivity contribution in [2.75, 3.05) is 18.1 Å². The highest BCUT2D eigenvalue weighted by molar-refractivity contribution is 7.99. The Bertz CT molecular complexity index is 899. The summed E-state index contributed by atoms with van der Waals surface area (Å²) < 4.78 is 20.9. The Labute approximate surface area is 141 Å². The first-order valence-electron chi connectivity index (χ1n) is 7.66. The smallest absolute Gasteiger partial charge is 0.225 e. The van der Waals surface area contributed by atoms with Crippen molar-refractivity contribution in [3.8, 4) is 17.3 Å². The largest absolute Gasteiger partial charge is 0.493 e. The predicted molar refractivity (Wildman–Crippen MR) is 89.4 cm³/mol. The number of hydrogen-bond donors (Lipinski definition) is 1. The molecule has 4 rings (SSSR count). The maximum Gasteiger partial charge on any atom is 0.225 e. The topological polar surface area (TPSA) is 73.1 Å². The van der Waals surface area contributed by atoms with E-state index >= 15 is 0 Å². The molecule has 1 N–H and O–H groups in total. The van der Waals surface area contributed by atoms with Crippen molar-refractivity contribution in [3.63, 3.8) is 0 Å². The third kappa shape index (κ3) is 2.77. The van der Waals surface area contributed by atoms with Gasteiger partial charge in [0.1, 0.15) is 28.5 Å². The summed E-state index contributed by atoms with van der Waals surface area (Å²) in [7, 11) is 0. The van der Waals surface area contributed by atoms with E-state index in [2.05, 4.69) is 15.1 Å². The lowest BCUT2D eigenvalue weighted by molar-refractivity contribution is 0.340. The molecule has 1 aliphatic heterocycles. The zero-order chi connectivity index (χ0) is 16.5. The number of hydrogen-bond acceptors (Lipinski definition) is 6. The highest BCUT2D eigenvalue weighted by Gasteiger charge is 2.17. The van der Waals surface area contributed by atoms with Gasteiger partial charge in [0, 0.05) is 18.2 Å². The summed E-state index contributed by atoms with van der Waals surface area (Å²) in [5.74, 6) is 2.27. The summed E-state index contributed by atoms with van der Waals surface area (Å²) in [4.78, 5) is 8.68. The lowest BCUT2D eigenvalue weighted by atomic mass is 10.2. The van der Waals surface area contributed by atoms with Crippen molar-refractivity contribution in [2.24, 2.45) is 0 Å². The van der Waals surface area contributed by atoms with Crippen LogP contribution in [-0.2, 0) is 6.42 Å². The summed E-state index contributed by atoms with van der Waals surface area (Å²) in [6, 6.07) is 4.29. The molecule has 24 heavy (non-hydrogen) atoms. The van der Waals surface area contributed by atoms with Crippen LogP contribution in [0.2, 0.25) is 0 Å². The van der Waals surface area contributed by atoms with E-state index in [0.29, 0.717) is 41.3 Å². The van der Waals surface area contributed by atoms with Crippen molar-refractivity contribution in [2.45, 2.75) is 12.8 Å². The van der Waals surface area contributed by atoms with Crippen LogP contribution in [0.4, 0.5) is 4.39 Å². The fraction of sp³-hybridized carbons (Fsp3) is 0.312. The van der Waals surface area contributed by atoms with Gasteiger partial charge in [-0.05, 0) is 24.3 Å². The molecule has 3 aromatic rings. The number of fused-ring (bicyclic) bond motifs is 3. The Morgan fingerprint density at radius 2 is 2.17 bits per heavy atom. The Hall–Kier alpha value is -2.35. The van der Waals surface area contributed by atoms with E-state index in [4.69, 9.17) is 4.74 Å². The van der Waals surface area contributed by atoms with Gasteiger partial charge in [-0.2, -0.15) is 21.8 Å². The zero-order valence-electron chi connectivity index (χ0n) is 12.8. The molecule has 124 valence electrons. The minimum absolute atomic E-state index is 0.0895. The van der Waals surface area contributed by atoms with Gasteiger partial charge in [0.05, 0.1) is 12.8 Å². The van der Waals surface area contributed by atoms with Gasteiger partial charge in [-0.3, -0.25) is 0 Å². The van der Waals surface area contributed by atoms with Crippen LogP contribution in [0.25, 0.3) is 16.7 Å². The quantitative estimate of drug-likeness (QED) is 0.675. The first-order valence-corrected chi connectivity index (χ1v) is 8.82. The number of aryl methyl sites for hydroxylation is 1. The maximum absolute atomic E-state index is 13.6. The summed E-state index contributed by atoms with van der Waals surface area (Å²) in [6.45, 7) is 0.486. The predicted octanol–water partition coefficient (Wildman–Crippen LogP) is 2.72. The zero-order valence-corrected chi connectivity index (χ0v) is 13.6. The number of thioether (sulfide) groups is 1. The number of aromatic hydroxyl groups is 1. The molecule has 0 fully saturated rings. The minimum atomic E-state index is -0.375. The molecule has 1 aliphatic rings. The van der Waals surface area contributed by atoms with Gasteiger partial charge >= 0.3 is 0 Å². The van der Waals surface area contributed by atoms with Crippen LogP contribution in [0.1, 0.15) is 12.2 Å². The van der Waals surface area contributed by atoms with Crippen LogP contribution in [0.5, 0.6) is 11.6 Å². The van der Waals surface area contributed by atoms with Gasteiger partial charge in [-0.15, -0.1) is 0 Å². The molecule has 0 atom stereocenters. The summed E-state index contributed by atoms with van der Waals surface area (Å²) in [5.41, 5.74) is 1.07. The van der Waals surface area contributed by atoms with Crippen molar-refractivity contribution in [3.05, 3.63) is 36.0 Å². The molecule has 0 radical (unpaired) electrons. The average Bonchev–Trinajstić information content (AvgIpc) is 2.98. The second kappa shape index (κ2) is 6.27. The molecule has 0 saturated heterocycles. The number of rotatable bonds is 0. The maximum atomic E-state index is 13.6. The van der Waals surface area contributed by atoms with E-state index in [0.717, 1.165) is 17.9 Å². The molecule has 6 nitrogen and oxygen atoms in total. The monoisotopic (exact) mass is 346 g/mol. The summed E-state index contributed by atoms with van der Waals surface area (Å²) in [5, 5.41) is 14.9. The van der Waals surface area contributed by atoms with E-state index in [1.807, 2.05) is 0 Å². The van der Waals surface area contributed by atoms with Crippen molar-refractivity contribution < 1.29 is 14.2 Å². The normalized spacial score (nSPS) is 15.2. The van der Waals surface area contributed by atoms with Gasteiger partial charge in [0.2, 0.25) is 5.88 Å². The first-order chi connectivity index (χ1) is 11.7. The van der Waals surface area contributed by atoms with E-state index < -0.39 is 0 Å². The van der Waals surface area contributed by atoms with Crippen LogP contribution in [0, 0.1) is 5.82 Å². The van der Waals surface area contributed by atoms with Crippen LogP contribution in [0.15, 0.2) is 24.4 Å². The molecule has 0 spiro atoms. The molecule has 1 aromatic carbocycles. The second-order valence-electron chi connectivity index (χ2n) is 5.43. The minimum Gasteiger partial charge on any atom is -0.493 e. The van der Waals surface area contributed by atoms with Gasteiger partial charge in [-0.25, -0.2) is 14.1 Å². The average molecular weight is 346 g/mol. The van der Waals surface area contributed by atoms with Crippen LogP contribution >= 0.6 is 11.8 Å². The van der Waals surface area contributed by atoms with Gasteiger partial charge in [0.25, 0.3) is 0 Å². The van der Waals surface area contributed by atoms with Crippen molar-refractivity contribution in [1.29, 1.82) is 0 Å². The Morgan fingerprint density at radius 3 is 3.08 bits per heavy atom. The third-order valence-electron chi connectivity index (χ3n) is 3.78. The fourth-order valence-corrected chi connectivity index (χ4v) is 3.40. The number of halogens is 1. The van der Waals surface area contributed by atoms with E-state index in [-0.39, 0.29) is 11.7 Å². The number of benzene rings is 1. The molecule has 3 heterocycles. The second-order valence-corrected chi connectivity index (χ2v) is 6.66. The van der Waals surface area contributed by atoms with Crippen molar-refractivity contribution in [1.82, 2.24) is 19.7 Å². The van der Waals surface area contributed by atoms with Crippen LogP contribution < -0.4 is 4.74 Å². The van der Waals surface area contributed by atoms with Crippen LogP contribution in [-0.4, -0.2) is 43.0 Å². The molecule has 0 aliphatic carbocycles. The Balaban J connectivity index is 1.93. The number of ether oxygens (including phenoxy) is 1.